The minimum atomic E-state index is 0.136. The molecule has 2 aromatic rings. The molecule has 1 N–H and O–H groups in total. The van der Waals surface area contributed by atoms with Gasteiger partial charge in [-0.3, -0.25) is 0 Å². The van der Waals surface area contributed by atoms with Crippen molar-refractivity contribution >= 4 is 11.3 Å². The fraction of sp³-hybridized carbons (Fsp3) is 0.471. The van der Waals surface area contributed by atoms with E-state index in [2.05, 4.69) is 69.6 Å². The Morgan fingerprint density at radius 3 is 2.40 bits per heavy atom. The molecule has 2 nitrogen and oxygen atoms in total. The minimum absolute atomic E-state index is 0.136. The Balaban J connectivity index is 1.95. The summed E-state index contributed by atoms with van der Waals surface area (Å²) in [4.78, 5) is 4.72. The van der Waals surface area contributed by atoms with E-state index >= 15 is 0 Å². The number of aromatic nitrogens is 1. The van der Waals surface area contributed by atoms with Crippen molar-refractivity contribution in [2.75, 3.05) is 0 Å². The summed E-state index contributed by atoms with van der Waals surface area (Å²) in [7, 11) is 0. The zero-order chi connectivity index (χ0) is 14.8. The SMILES string of the molecule is Cc1ccc([C@@H](C)NCc2nc(C(C)(C)C)cs2)cc1. The van der Waals surface area contributed by atoms with Gasteiger partial charge in [0, 0.05) is 23.4 Å². The lowest BCUT2D eigenvalue weighted by Gasteiger charge is -2.15. The van der Waals surface area contributed by atoms with E-state index in [4.69, 9.17) is 4.98 Å². The third-order valence-electron chi connectivity index (χ3n) is 3.46. The Morgan fingerprint density at radius 2 is 1.85 bits per heavy atom. The molecule has 0 amide bonds. The molecular weight excluding hydrogens is 264 g/mol. The van der Waals surface area contributed by atoms with Crippen LogP contribution in [-0.4, -0.2) is 4.98 Å². The van der Waals surface area contributed by atoms with Gasteiger partial charge < -0.3 is 5.32 Å². The van der Waals surface area contributed by atoms with Crippen molar-refractivity contribution in [2.24, 2.45) is 0 Å². The van der Waals surface area contributed by atoms with Crippen LogP contribution >= 0.6 is 11.3 Å². The Hall–Kier alpha value is -1.19. The monoisotopic (exact) mass is 288 g/mol. The van der Waals surface area contributed by atoms with Gasteiger partial charge in [-0.1, -0.05) is 50.6 Å². The summed E-state index contributed by atoms with van der Waals surface area (Å²) in [6, 6.07) is 9.05. The van der Waals surface area contributed by atoms with E-state index in [1.807, 2.05) is 0 Å². The van der Waals surface area contributed by atoms with Crippen molar-refractivity contribution < 1.29 is 0 Å². The Bertz CT molecular complexity index is 549. The minimum Gasteiger partial charge on any atom is -0.304 e. The third-order valence-corrected chi connectivity index (χ3v) is 4.31. The first-order valence-electron chi connectivity index (χ1n) is 7.11. The maximum atomic E-state index is 4.72. The number of rotatable bonds is 4. The van der Waals surface area contributed by atoms with Crippen LogP contribution < -0.4 is 5.32 Å². The molecule has 0 bridgehead atoms. The van der Waals surface area contributed by atoms with Gasteiger partial charge in [-0.2, -0.15) is 0 Å². The second-order valence-electron chi connectivity index (χ2n) is 6.39. The highest BCUT2D eigenvalue weighted by molar-refractivity contribution is 7.09. The van der Waals surface area contributed by atoms with Crippen molar-refractivity contribution in [3.8, 4) is 0 Å². The fourth-order valence-electron chi connectivity index (χ4n) is 1.95. The lowest BCUT2D eigenvalue weighted by molar-refractivity contribution is 0.554. The number of nitrogens with zero attached hydrogens (tertiary/aromatic N) is 1. The lowest BCUT2D eigenvalue weighted by atomic mass is 9.93. The third kappa shape index (κ3) is 3.90. The molecule has 0 unspecified atom stereocenters. The Labute approximate surface area is 126 Å². The summed E-state index contributed by atoms with van der Waals surface area (Å²) in [5, 5.41) is 6.88. The first-order chi connectivity index (χ1) is 9.36. The van der Waals surface area contributed by atoms with Crippen LogP contribution in [0.4, 0.5) is 0 Å². The molecular formula is C17H24N2S. The number of thiazole rings is 1. The summed E-state index contributed by atoms with van der Waals surface area (Å²) < 4.78 is 0. The average molecular weight is 288 g/mol. The summed E-state index contributed by atoms with van der Waals surface area (Å²) in [6.07, 6.45) is 0. The van der Waals surface area contributed by atoms with Crippen LogP contribution in [0, 0.1) is 6.92 Å². The van der Waals surface area contributed by atoms with E-state index < -0.39 is 0 Å². The molecule has 3 heteroatoms. The first-order valence-corrected chi connectivity index (χ1v) is 7.99. The second kappa shape index (κ2) is 6.06. The van der Waals surface area contributed by atoms with Crippen molar-refractivity contribution in [2.45, 2.75) is 52.6 Å². The van der Waals surface area contributed by atoms with E-state index in [0.29, 0.717) is 6.04 Å². The molecule has 0 saturated carbocycles. The predicted molar refractivity (Wildman–Crippen MR) is 87.2 cm³/mol. The first kappa shape index (κ1) is 15.2. The van der Waals surface area contributed by atoms with Crippen molar-refractivity contribution in [1.82, 2.24) is 10.3 Å². The van der Waals surface area contributed by atoms with Gasteiger partial charge in [-0.15, -0.1) is 11.3 Å². The van der Waals surface area contributed by atoms with Gasteiger partial charge in [0.05, 0.1) is 5.69 Å². The number of nitrogens with one attached hydrogen (secondary N) is 1. The smallest absolute Gasteiger partial charge is 0.107 e. The van der Waals surface area contributed by atoms with Crippen LogP contribution in [0.1, 0.15) is 55.6 Å². The normalized spacial score (nSPS) is 13.4. The molecule has 2 rings (SSSR count). The summed E-state index contributed by atoms with van der Waals surface area (Å²) >= 11 is 1.74. The standard InChI is InChI=1S/C17H24N2S/c1-12-6-8-14(9-7-12)13(2)18-10-16-19-15(11-20-16)17(3,4)5/h6-9,11,13,18H,10H2,1-5H3/t13-/m1/s1. The Kier molecular flexibility index (Phi) is 4.61. The van der Waals surface area contributed by atoms with Gasteiger partial charge in [-0.25, -0.2) is 4.98 Å². The highest BCUT2D eigenvalue weighted by atomic mass is 32.1. The number of aryl methyl sites for hydroxylation is 1. The molecule has 1 atom stereocenters. The van der Waals surface area contributed by atoms with Crippen LogP contribution in [0.3, 0.4) is 0 Å². The summed E-state index contributed by atoms with van der Waals surface area (Å²) in [5.41, 5.74) is 3.94. The second-order valence-corrected chi connectivity index (χ2v) is 7.33. The number of hydrogen-bond donors (Lipinski definition) is 1. The number of hydrogen-bond acceptors (Lipinski definition) is 3. The van der Waals surface area contributed by atoms with E-state index in [1.54, 1.807) is 11.3 Å². The van der Waals surface area contributed by atoms with Crippen LogP contribution in [0.5, 0.6) is 0 Å². The van der Waals surface area contributed by atoms with Crippen LogP contribution in [0.15, 0.2) is 29.6 Å². The maximum Gasteiger partial charge on any atom is 0.107 e. The molecule has 0 saturated heterocycles. The molecule has 20 heavy (non-hydrogen) atoms. The average Bonchev–Trinajstić information content (AvgIpc) is 2.85. The molecule has 1 aromatic heterocycles. The van der Waals surface area contributed by atoms with E-state index in [1.165, 1.54) is 16.8 Å². The van der Waals surface area contributed by atoms with Gasteiger partial charge >= 0.3 is 0 Å². The molecule has 1 aromatic carbocycles. The quantitative estimate of drug-likeness (QED) is 0.889. The lowest BCUT2D eigenvalue weighted by Crippen LogP contribution is -2.18. The molecule has 0 aliphatic carbocycles. The Morgan fingerprint density at radius 1 is 1.20 bits per heavy atom. The van der Waals surface area contributed by atoms with Crippen molar-refractivity contribution in [3.63, 3.8) is 0 Å². The molecule has 0 fully saturated rings. The molecule has 108 valence electrons. The topological polar surface area (TPSA) is 24.9 Å². The summed E-state index contributed by atoms with van der Waals surface area (Å²) in [6.45, 7) is 11.8. The molecule has 0 spiro atoms. The molecule has 0 aliphatic heterocycles. The molecule has 0 aliphatic rings. The van der Waals surface area contributed by atoms with Crippen molar-refractivity contribution in [1.29, 1.82) is 0 Å². The van der Waals surface area contributed by atoms with Crippen LogP contribution in [0.25, 0.3) is 0 Å². The zero-order valence-electron chi connectivity index (χ0n) is 13.0. The number of benzene rings is 1. The van der Waals surface area contributed by atoms with Gasteiger partial charge in [0.1, 0.15) is 5.01 Å². The van der Waals surface area contributed by atoms with E-state index in [-0.39, 0.29) is 5.41 Å². The highest BCUT2D eigenvalue weighted by Crippen LogP contribution is 2.24. The fourth-order valence-corrected chi connectivity index (χ4v) is 2.92. The van der Waals surface area contributed by atoms with Crippen LogP contribution in [0.2, 0.25) is 0 Å². The van der Waals surface area contributed by atoms with Crippen LogP contribution in [-0.2, 0) is 12.0 Å². The van der Waals surface area contributed by atoms with Gasteiger partial charge in [0.2, 0.25) is 0 Å². The largest absolute Gasteiger partial charge is 0.304 e. The molecule has 1 heterocycles. The predicted octanol–water partition coefficient (Wildman–Crippen LogP) is 4.60. The zero-order valence-corrected chi connectivity index (χ0v) is 13.8. The van der Waals surface area contributed by atoms with Gasteiger partial charge in [0.15, 0.2) is 0 Å². The summed E-state index contributed by atoms with van der Waals surface area (Å²) in [5.74, 6) is 0. The molecule has 0 radical (unpaired) electrons. The van der Waals surface area contributed by atoms with Gasteiger partial charge in [-0.05, 0) is 19.4 Å². The van der Waals surface area contributed by atoms with Gasteiger partial charge in [0.25, 0.3) is 0 Å². The van der Waals surface area contributed by atoms with E-state index in [0.717, 1.165) is 11.6 Å². The maximum absolute atomic E-state index is 4.72. The highest BCUT2D eigenvalue weighted by Gasteiger charge is 2.17. The van der Waals surface area contributed by atoms with Crippen molar-refractivity contribution in [3.05, 3.63) is 51.5 Å². The van der Waals surface area contributed by atoms with E-state index in [9.17, 15) is 0 Å².